The average molecular weight is 408 g/mol. The average Bonchev–Trinajstić information content (AvgIpc) is 3.14. The van der Waals surface area contributed by atoms with E-state index in [9.17, 15) is 8.42 Å². The molecule has 10 heteroatoms. The Kier molecular flexibility index (Phi) is 4.44. The number of anilines is 1. The lowest BCUT2D eigenvalue weighted by molar-refractivity contribution is 0.378. The van der Waals surface area contributed by atoms with Gasteiger partial charge in [0.05, 0.1) is 5.39 Å². The van der Waals surface area contributed by atoms with Gasteiger partial charge in [0.25, 0.3) is 0 Å². The van der Waals surface area contributed by atoms with Crippen molar-refractivity contribution in [2.24, 2.45) is 0 Å². The number of rotatable bonds is 3. The summed E-state index contributed by atoms with van der Waals surface area (Å²) in [6.07, 6.45) is 1.58. The molecule has 144 valence electrons. The van der Waals surface area contributed by atoms with Crippen molar-refractivity contribution in [3.8, 4) is 0 Å². The van der Waals surface area contributed by atoms with Crippen LogP contribution in [-0.2, 0) is 10.0 Å². The Morgan fingerprint density at radius 1 is 1.07 bits per heavy atom. The van der Waals surface area contributed by atoms with Gasteiger partial charge in [0.15, 0.2) is 5.76 Å². The van der Waals surface area contributed by atoms with Crippen molar-refractivity contribution < 1.29 is 12.9 Å². The minimum atomic E-state index is -3.61. The number of nitrogens with zero attached hydrogens (tertiary/aromatic N) is 5. The molecule has 0 spiro atoms. The van der Waals surface area contributed by atoms with E-state index in [1.807, 2.05) is 0 Å². The minimum absolute atomic E-state index is 0.185. The molecule has 0 amide bonds. The first kappa shape index (κ1) is 18.3. The topological polar surface area (TPSA) is 92.4 Å². The van der Waals surface area contributed by atoms with Gasteiger partial charge in [0.2, 0.25) is 10.0 Å². The molecule has 0 unspecified atom stereocenters. The molecule has 3 aromatic rings. The number of piperazine rings is 1. The van der Waals surface area contributed by atoms with Crippen molar-refractivity contribution in [3.63, 3.8) is 0 Å². The van der Waals surface area contributed by atoms with Crippen LogP contribution in [-0.4, -0.2) is 54.0 Å². The summed E-state index contributed by atoms with van der Waals surface area (Å²) in [5, 5.41) is 4.85. The van der Waals surface area contributed by atoms with E-state index in [0.29, 0.717) is 37.6 Å². The fourth-order valence-corrected chi connectivity index (χ4v) is 6.22. The molecule has 3 aromatic heterocycles. The summed E-state index contributed by atoms with van der Waals surface area (Å²) in [6, 6.07) is 0. The summed E-state index contributed by atoms with van der Waals surface area (Å²) in [7, 11) is -3.61. The van der Waals surface area contributed by atoms with Crippen LogP contribution in [0.5, 0.6) is 0 Å². The molecule has 0 aromatic carbocycles. The molecule has 1 fully saturated rings. The number of fused-ring (bicyclic) bond motifs is 1. The molecule has 1 saturated heterocycles. The first-order valence-electron chi connectivity index (χ1n) is 8.69. The zero-order chi connectivity index (χ0) is 19.3. The molecule has 27 heavy (non-hydrogen) atoms. The van der Waals surface area contributed by atoms with Crippen molar-refractivity contribution in [3.05, 3.63) is 28.2 Å². The Labute approximate surface area is 161 Å². The van der Waals surface area contributed by atoms with Crippen LogP contribution in [0.2, 0.25) is 0 Å². The molecule has 0 radical (unpaired) electrons. The van der Waals surface area contributed by atoms with Crippen molar-refractivity contribution in [1.29, 1.82) is 0 Å². The van der Waals surface area contributed by atoms with Crippen molar-refractivity contribution >= 4 is 37.4 Å². The number of sulfonamides is 1. The van der Waals surface area contributed by atoms with Gasteiger partial charge >= 0.3 is 0 Å². The molecule has 1 aliphatic heterocycles. The fraction of sp³-hybridized carbons (Fsp3) is 0.471. The first-order valence-corrected chi connectivity index (χ1v) is 10.9. The Morgan fingerprint density at radius 2 is 1.78 bits per heavy atom. The predicted octanol–water partition coefficient (Wildman–Crippen LogP) is 2.42. The van der Waals surface area contributed by atoms with Gasteiger partial charge < -0.3 is 9.42 Å². The summed E-state index contributed by atoms with van der Waals surface area (Å²) < 4.78 is 32.5. The Bertz CT molecular complexity index is 1090. The van der Waals surface area contributed by atoms with Gasteiger partial charge in [-0.05, 0) is 33.3 Å². The SMILES string of the molecule is Cc1noc(C)c1S(=O)(=O)N1CCN(c2ncnc3sc(C)c(C)c23)CC1. The van der Waals surface area contributed by atoms with Gasteiger partial charge in [0, 0.05) is 31.1 Å². The quantitative estimate of drug-likeness (QED) is 0.658. The molecule has 0 atom stereocenters. The van der Waals surface area contributed by atoms with Crippen LogP contribution in [0.15, 0.2) is 15.7 Å². The highest BCUT2D eigenvalue weighted by molar-refractivity contribution is 7.89. The number of aryl methyl sites for hydroxylation is 4. The zero-order valence-corrected chi connectivity index (χ0v) is 17.3. The second kappa shape index (κ2) is 6.54. The highest BCUT2D eigenvalue weighted by Gasteiger charge is 2.34. The fourth-order valence-electron chi connectivity index (χ4n) is 3.52. The van der Waals surface area contributed by atoms with Crippen LogP contribution < -0.4 is 4.90 Å². The van der Waals surface area contributed by atoms with Crippen LogP contribution in [0.4, 0.5) is 5.82 Å². The third kappa shape index (κ3) is 2.91. The number of hydrogen-bond acceptors (Lipinski definition) is 8. The van der Waals surface area contributed by atoms with Gasteiger partial charge in [-0.1, -0.05) is 5.16 Å². The highest BCUT2D eigenvalue weighted by Crippen LogP contribution is 2.35. The summed E-state index contributed by atoms with van der Waals surface area (Å²) in [4.78, 5) is 13.4. The standard InChI is InChI=1S/C17H21N5O3S2/c1-10-13(4)26-17-14(10)16(18-9-19-17)21-5-7-22(8-6-21)27(23,24)15-11(2)20-25-12(15)3/h9H,5-8H2,1-4H3. The van der Waals surface area contributed by atoms with E-state index in [1.54, 1.807) is 31.5 Å². The number of thiophene rings is 1. The van der Waals surface area contributed by atoms with Crippen molar-refractivity contribution in [2.45, 2.75) is 32.6 Å². The summed E-state index contributed by atoms with van der Waals surface area (Å²) >= 11 is 1.66. The lowest BCUT2D eigenvalue weighted by atomic mass is 10.2. The normalized spacial score (nSPS) is 16.4. The summed E-state index contributed by atoms with van der Waals surface area (Å²) in [6.45, 7) is 9.37. The third-order valence-corrected chi connectivity index (χ3v) is 8.31. The number of aromatic nitrogens is 3. The molecule has 1 aliphatic rings. The Morgan fingerprint density at radius 3 is 2.41 bits per heavy atom. The minimum Gasteiger partial charge on any atom is -0.360 e. The first-order chi connectivity index (χ1) is 12.8. The van der Waals surface area contributed by atoms with E-state index >= 15 is 0 Å². The largest absolute Gasteiger partial charge is 0.360 e. The summed E-state index contributed by atoms with van der Waals surface area (Å²) in [5.41, 5.74) is 1.59. The van der Waals surface area contributed by atoms with Gasteiger partial charge in [-0.25, -0.2) is 18.4 Å². The second-order valence-corrected chi connectivity index (χ2v) is 9.78. The molecular weight excluding hydrogens is 386 g/mol. The van der Waals surface area contributed by atoms with E-state index < -0.39 is 10.0 Å². The molecular formula is C17H21N5O3S2. The van der Waals surface area contributed by atoms with Crippen LogP contribution in [0.3, 0.4) is 0 Å². The molecule has 0 bridgehead atoms. The van der Waals surface area contributed by atoms with Crippen molar-refractivity contribution in [2.75, 3.05) is 31.1 Å². The van der Waals surface area contributed by atoms with Crippen LogP contribution in [0.25, 0.3) is 10.2 Å². The predicted molar refractivity (Wildman–Crippen MR) is 104 cm³/mol. The van der Waals surface area contributed by atoms with E-state index in [-0.39, 0.29) is 4.90 Å². The van der Waals surface area contributed by atoms with Gasteiger partial charge in [-0.15, -0.1) is 11.3 Å². The Balaban J connectivity index is 1.60. The maximum Gasteiger partial charge on any atom is 0.248 e. The molecule has 0 aliphatic carbocycles. The van der Waals surface area contributed by atoms with Gasteiger partial charge in [0.1, 0.15) is 27.6 Å². The van der Waals surface area contributed by atoms with E-state index in [0.717, 1.165) is 16.0 Å². The second-order valence-electron chi connectivity index (χ2n) is 6.71. The van der Waals surface area contributed by atoms with Gasteiger partial charge in [-0.3, -0.25) is 0 Å². The molecule has 8 nitrogen and oxygen atoms in total. The third-order valence-electron chi connectivity index (χ3n) is 5.05. The van der Waals surface area contributed by atoms with E-state index in [2.05, 4.69) is 33.9 Å². The zero-order valence-electron chi connectivity index (χ0n) is 15.7. The van der Waals surface area contributed by atoms with E-state index in [1.165, 1.54) is 14.7 Å². The molecule has 4 rings (SSSR count). The smallest absolute Gasteiger partial charge is 0.248 e. The molecule has 0 N–H and O–H groups in total. The van der Waals surface area contributed by atoms with Crippen LogP contribution >= 0.6 is 11.3 Å². The number of hydrogen-bond donors (Lipinski definition) is 0. The Hall–Kier alpha value is -2.04. The lowest BCUT2D eigenvalue weighted by Crippen LogP contribution is -2.49. The monoisotopic (exact) mass is 407 g/mol. The van der Waals surface area contributed by atoms with Crippen LogP contribution in [0, 0.1) is 27.7 Å². The highest BCUT2D eigenvalue weighted by atomic mass is 32.2. The van der Waals surface area contributed by atoms with Gasteiger partial charge in [-0.2, -0.15) is 4.31 Å². The maximum atomic E-state index is 13.0. The van der Waals surface area contributed by atoms with E-state index in [4.69, 9.17) is 4.52 Å². The van der Waals surface area contributed by atoms with Crippen molar-refractivity contribution in [1.82, 2.24) is 19.4 Å². The maximum absolute atomic E-state index is 13.0. The lowest BCUT2D eigenvalue weighted by Gasteiger charge is -2.34. The molecule has 4 heterocycles. The van der Waals surface area contributed by atoms with Crippen LogP contribution in [0.1, 0.15) is 21.9 Å². The molecule has 0 saturated carbocycles. The summed E-state index contributed by atoms with van der Waals surface area (Å²) in [5.74, 6) is 1.22.